The second-order valence-corrected chi connectivity index (χ2v) is 6.64. The topological polar surface area (TPSA) is 123 Å². The molecule has 126 valence electrons. The first kappa shape index (κ1) is 15.8. The molecular weight excluding hydrogens is 318 g/mol. The maximum Gasteiger partial charge on any atom is 0.347 e. The highest BCUT2D eigenvalue weighted by Gasteiger charge is 2.82. The van der Waals surface area contributed by atoms with Gasteiger partial charge in [0.05, 0.1) is 25.4 Å². The summed E-state index contributed by atoms with van der Waals surface area (Å²) in [6.07, 6.45) is 1.76. The molecule has 0 saturated carbocycles. The van der Waals surface area contributed by atoms with E-state index in [1.54, 1.807) is 6.08 Å². The number of nitrogens with two attached hydrogens (primary N) is 2. The van der Waals surface area contributed by atoms with Crippen LogP contribution in [0.15, 0.2) is 42.1 Å². The average Bonchev–Trinajstić information content (AvgIpc) is 3.18. The molecular formula is C18H19N5O2+2. The fraction of sp³-hybridized carbons (Fsp3) is 0.389. The smallest absolute Gasteiger partial charge is 0.311 e. The van der Waals surface area contributed by atoms with Crippen molar-refractivity contribution in [2.45, 2.75) is 18.9 Å². The SMILES string of the molecule is CC1=C[C@@]2(C#N)C3([NH+]=C(N)[C@]2(C#N)[C@H](c2ccccc2)[NH2+]1)OCCO3. The highest BCUT2D eigenvalue weighted by molar-refractivity contribution is 5.89. The molecule has 7 nitrogen and oxygen atoms in total. The van der Waals surface area contributed by atoms with E-state index in [0.717, 1.165) is 11.3 Å². The summed E-state index contributed by atoms with van der Waals surface area (Å²) in [6, 6.07) is 13.9. The monoisotopic (exact) mass is 337 g/mol. The Balaban J connectivity index is 2.03. The summed E-state index contributed by atoms with van der Waals surface area (Å²) in [6.45, 7) is 2.57. The first-order chi connectivity index (χ1) is 12.1. The van der Waals surface area contributed by atoms with E-state index in [0.29, 0.717) is 13.2 Å². The molecule has 3 aliphatic heterocycles. The number of ether oxygens (including phenoxy) is 2. The third-order valence-electron chi connectivity index (χ3n) is 5.41. The molecule has 0 aromatic heterocycles. The lowest BCUT2D eigenvalue weighted by atomic mass is 9.57. The van der Waals surface area contributed by atoms with Crippen molar-refractivity contribution in [3.63, 3.8) is 0 Å². The van der Waals surface area contributed by atoms with Gasteiger partial charge in [-0.2, -0.15) is 10.5 Å². The van der Waals surface area contributed by atoms with E-state index in [1.807, 2.05) is 42.6 Å². The van der Waals surface area contributed by atoms with Crippen molar-refractivity contribution in [3.8, 4) is 12.1 Å². The van der Waals surface area contributed by atoms with Gasteiger partial charge in [0.15, 0.2) is 0 Å². The van der Waals surface area contributed by atoms with Gasteiger partial charge in [0.25, 0.3) is 5.84 Å². The van der Waals surface area contributed by atoms with Gasteiger partial charge in [-0.3, -0.25) is 5.73 Å². The van der Waals surface area contributed by atoms with Gasteiger partial charge < -0.3 is 14.8 Å². The van der Waals surface area contributed by atoms with Gasteiger partial charge in [-0.05, 0) is 0 Å². The largest absolute Gasteiger partial charge is 0.347 e. The standard InChI is InChI=1S/C18H17N5O2/c1-12-9-16(10-19)17(11-20,14(22-12)13-5-3-2-4-6-13)15(21)23-18(16)24-7-8-25-18/h2-6,9,14,22H,7-8H2,1H3,(H2,21,23)/p+2/t14-,16-,17-/m0/s1. The van der Waals surface area contributed by atoms with Crippen LogP contribution in [0.25, 0.3) is 0 Å². The number of nitrogens with zero attached hydrogens (tertiary/aromatic N) is 2. The molecule has 25 heavy (non-hydrogen) atoms. The minimum Gasteiger partial charge on any atom is -0.311 e. The minimum atomic E-state index is -1.44. The summed E-state index contributed by atoms with van der Waals surface area (Å²) in [7, 11) is 0. The Kier molecular flexibility index (Phi) is 3.25. The molecule has 1 fully saturated rings. The van der Waals surface area contributed by atoms with Crippen LogP contribution in [0.4, 0.5) is 0 Å². The molecule has 3 atom stereocenters. The average molecular weight is 337 g/mol. The number of hydrogen-bond acceptors (Lipinski definition) is 5. The summed E-state index contributed by atoms with van der Waals surface area (Å²) in [5, 5.41) is 22.5. The van der Waals surface area contributed by atoms with Crippen LogP contribution in [0.3, 0.4) is 0 Å². The minimum absolute atomic E-state index is 0.201. The fourth-order valence-corrected chi connectivity index (χ4v) is 4.38. The molecule has 4 rings (SSSR count). The van der Waals surface area contributed by atoms with Crippen LogP contribution in [0.5, 0.6) is 0 Å². The second kappa shape index (κ2) is 5.14. The van der Waals surface area contributed by atoms with E-state index < -0.39 is 22.8 Å². The van der Waals surface area contributed by atoms with Gasteiger partial charge in [0, 0.05) is 18.6 Å². The molecule has 0 bridgehead atoms. The number of nitriles is 2. The van der Waals surface area contributed by atoms with Crippen molar-refractivity contribution in [1.29, 1.82) is 10.5 Å². The van der Waals surface area contributed by atoms with Crippen LogP contribution in [0.2, 0.25) is 0 Å². The lowest BCUT2D eigenvalue weighted by Gasteiger charge is -2.42. The highest BCUT2D eigenvalue weighted by atomic mass is 16.8. The molecule has 1 spiro atoms. The molecule has 1 aromatic carbocycles. The fourth-order valence-electron chi connectivity index (χ4n) is 4.38. The van der Waals surface area contributed by atoms with E-state index >= 15 is 0 Å². The van der Waals surface area contributed by atoms with Gasteiger partial charge in [0.2, 0.25) is 10.8 Å². The molecule has 5 N–H and O–H groups in total. The van der Waals surface area contributed by atoms with Gasteiger partial charge in [0.1, 0.15) is 11.7 Å². The molecule has 0 amide bonds. The van der Waals surface area contributed by atoms with Crippen LogP contribution in [-0.2, 0) is 9.47 Å². The maximum atomic E-state index is 10.3. The number of quaternary nitrogens is 1. The van der Waals surface area contributed by atoms with Crippen molar-refractivity contribution in [1.82, 2.24) is 0 Å². The molecule has 0 aliphatic carbocycles. The number of benzene rings is 1. The summed E-state index contributed by atoms with van der Waals surface area (Å²) in [4.78, 5) is 3.02. The van der Waals surface area contributed by atoms with Gasteiger partial charge in [-0.1, -0.05) is 30.3 Å². The summed E-state index contributed by atoms with van der Waals surface area (Å²) < 4.78 is 11.7. The van der Waals surface area contributed by atoms with Gasteiger partial charge in [-0.25, -0.2) is 4.99 Å². The second-order valence-electron chi connectivity index (χ2n) is 6.64. The Morgan fingerprint density at radius 3 is 2.48 bits per heavy atom. The molecule has 7 heteroatoms. The maximum absolute atomic E-state index is 10.3. The number of fused-ring (bicyclic) bond motifs is 2. The van der Waals surface area contributed by atoms with Gasteiger partial charge in [-0.15, -0.1) is 0 Å². The van der Waals surface area contributed by atoms with Crippen molar-refractivity contribution >= 4 is 5.84 Å². The molecule has 3 heterocycles. The van der Waals surface area contributed by atoms with E-state index in [-0.39, 0.29) is 5.84 Å². The third-order valence-corrected chi connectivity index (χ3v) is 5.41. The predicted molar refractivity (Wildman–Crippen MR) is 85.7 cm³/mol. The highest BCUT2D eigenvalue weighted by Crippen LogP contribution is 2.57. The Bertz CT molecular complexity index is 860. The van der Waals surface area contributed by atoms with Crippen LogP contribution in [0, 0.1) is 33.5 Å². The number of amidine groups is 1. The van der Waals surface area contributed by atoms with Crippen LogP contribution in [0.1, 0.15) is 18.5 Å². The zero-order valence-corrected chi connectivity index (χ0v) is 13.8. The van der Waals surface area contributed by atoms with Crippen LogP contribution in [-0.4, -0.2) is 25.0 Å². The van der Waals surface area contributed by atoms with Crippen molar-refractivity contribution in [3.05, 3.63) is 47.7 Å². The van der Waals surface area contributed by atoms with Crippen molar-refractivity contribution in [2.75, 3.05) is 13.2 Å². The lowest BCUT2D eigenvalue weighted by Crippen LogP contribution is -2.90. The normalized spacial score (nSPS) is 35.4. The number of allylic oxidation sites excluding steroid dienone is 1. The van der Waals surface area contributed by atoms with Crippen molar-refractivity contribution < 1.29 is 19.8 Å². The van der Waals surface area contributed by atoms with Crippen LogP contribution >= 0.6 is 0 Å². The van der Waals surface area contributed by atoms with E-state index in [1.165, 1.54) is 0 Å². The van der Waals surface area contributed by atoms with E-state index in [4.69, 9.17) is 15.2 Å². The van der Waals surface area contributed by atoms with Crippen molar-refractivity contribution in [2.24, 2.45) is 16.6 Å². The zero-order chi connectivity index (χ0) is 17.7. The molecule has 3 aliphatic rings. The predicted octanol–water partition coefficient (Wildman–Crippen LogP) is -1.62. The Hall–Kier alpha value is -2.71. The zero-order valence-electron chi connectivity index (χ0n) is 13.8. The summed E-state index contributed by atoms with van der Waals surface area (Å²) in [5.74, 6) is -1.24. The molecule has 1 aromatic rings. The lowest BCUT2D eigenvalue weighted by molar-refractivity contribution is -0.689. The number of hydrogen-bond donors (Lipinski definition) is 3. The quantitative estimate of drug-likeness (QED) is 0.568. The van der Waals surface area contributed by atoms with Crippen LogP contribution < -0.4 is 16.0 Å². The van der Waals surface area contributed by atoms with E-state index in [9.17, 15) is 10.5 Å². The van der Waals surface area contributed by atoms with E-state index in [2.05, 4.69) is 17.1 Å². The Labute approximate surface area is 145 Å². The number of rotatable bonds is 1. The first-order valence-corrected chi connectivity index (χ1v) is 8.16. The molecule has 0 radical (unpaired) electrons. The molecule has 1 saturated heterocycles. The summed E-state index contributed by atoms with van der Waals surface area (Å²) in [5.41, 5.74) is 5.41. The Morgan fingerprint density at radius 2 is 1.88 bits per heavy atom. The molecule has 0 unspecified atom stereocenters. The third kappa shape index (κ3) is 1.70. The summed E-state index contributed by atoms with van der Waals surface area (Å²) >= 11 is 0. The first-order valence-electron chi connectivity index (χ1n) is 8.16. The van der Waals surface area contributed by atoms with Gasteiger partial charge >= 0.3 is 5.91 Å². The number of nitrogens with one attached hydrogen (secondary N) is 1. The Morgan fingerprint density at radius 1 is 1.20 bits per heavy atom.